The standard InChI is InChI=1S/C27H24O2P/c1-29-27-20-12-11-19-25(27)26(28)21-30(22-13-5-2-6-14-22,23-15-7-3-8-16-23)24-17-9-4-10-18-24/h2-20H,21H2,1H3/q+1. The molecule has 30 heavy (non-hydrogen) atoms. The Morgan fingerprint density at radius 3 is 1.47 bits per heavy atom. The van der Waals surface area contributed by atoms with Gasteiger partial charge in [0.2, 0.25) is 5.78 Å². The second kappa shape index (κ2) is 9.07. The second-order valence-electron chi connectivity index (χ2n) is 7.10. The van der Waals surface area contributed by atoms with Crippen molar-refractivity contribution < 1.29 is 9.53 Å². The van der Waals surface area contributed by atoms with Crippen molar-refractivity contribution in [2.24, 2.45) is 0 Å². The van der Waals surface area contributed by atoms with Gasteiger partial charge in [0.1, 0.15) is 35.1 Å². The molecule has 0 amide bonds. The Balaban J connectivity index is 1.94. The molecule has 2 nitrogen and oxygen atoms in total. The van der Waals surface area contributed by atoms with Crippen LogP contribution in [0.5, 0.6) is 5.75 Å². The van der Waals surface area contributed by atoms with Gasteiger partial charge in [-0.3, -0.25) is 4.79 Å². The van der Waals surface area contributed by atoms with Gasteiger partial charge in [-0.1, -0.05) is 66.7 Å². The molecular weight excluding hydrogens is 387 g/mol. The van der Waals surface area contributed by atoms with Gasteiger partial charge in [-0.15, -0.1) is 0 Å². The fourth-order valence-corrected chi connectivity index (χ4v) is 8.03. The van der Waals surface area contributed by atoms with Crippen molar-refractivity contribution in [3.8, 4) is 5.75 Å². The smallest absolute Gasteiger partial charge is 0.204 e. The molecule has 148 valence electrons. The van der Waals surface area contributed by atoms with E-state index in [2.05, 4.69) is 72.8 Å². The Labute approximate surface area is 178 Å². The molecule has 0 bridgehead atoms. The topological polar surface area (TPSA) is 26.3 Å². The maximum Gasteiger partial charge on any atom is 0.204 e. The molecule has 0 spiro atoms. The predicted octanol–water partition coefficient (Wildman–Crippen LogP) is 4.87. The minimum absolute atomic E-state index is 0.0948. The lowest BCUT2D eigenvalue weighted by Crippen LogP contribution is -2.35. The van der Waals surface area contributed by atoms with E-state index in [1.807, 2.05) is 42.5 Å². The summed E-state index contributed by atoms with van der Waals surface area (Å²) in [5, 5.41) is 3.60. The molecule has 0 atom stereocenters. The molecule has 0 aliphatic heterocycles. The minimum Gasteiger partial charge on any atom is -0.496 e. The van der Waals surface area contributed by atoms with E-state index >= 15 is 0 Å². The number of para-hydroxylation sites is 1. The minimum atomic E-state index is -2.21. The summed E-state index contributed by atoms with van der Waals surface area (Å²) in [5.41, 5.74) is 0.632. The molecule has 0 fully saturated rings. The zero-order valence-corrected chi connectivity index (χ0v) is 17.8. The Bertz CT molecular complexity index is 1010. The van der Waals surface area contributed by atoms with Crippen molar-refractivity contribution >= 4 is 29.0 Å². The van der Waals surface area contributed by atoms with E-state index in [1.165, 1.54) is 15.9 Å². The van der Waals surface area contributed by atoms with E-state index in [0.717, 1.165) is 0 Å². The largest absolute Gasteiger partial charge is 0.496 e. The van der Waals surface area contributed by atoms with Crippen LogP contribution in [0.3, 0.4) is 0 Å². The number of carbonyl (C=O) groups excluding carboxylic acids is 1. The third kappa shape index (κ3) is 3.79. The Morgan fingerprint density at radius 1 is 0.633 bits per heavy atom. The van der Waals surface area contributed by atoms with E-state index in [9.17, 15) is 4.79 Å². The quantitative estimate of drug-likeness (QED) is 0.320. The van der Waals surface area contributed by atoms with Gasteiger partial charge in [0.25, 0.3) is 0 Å². The van der Waals surface area contributed by atoms with Gasteiger partial charge in [0, 0.05) is 0 Å². The molecule has 0 N–H and O–H groups in total. The second-order valence-corrected chi connectivity index (χ2v) is 10.6. The molecule has 0 saturated carbocycles. The fourth-order valence-electron chi connectivity index (χ4n) is 3.94. The van der Waals surface area contributed by atoms with E-state index < -0.39 is 7.26 Å². The summed E-state index contributed by atoms with van der Waals surface area (Å²) < 4.78 is 5.49. The van der Waals surface area contributed by atoms with Crippen LogP contribution in [0.2, 0.25) is 0 Å². The first kappa shape index (κ1) is 20.1. The molecule has 0 aliphatic rings. The fraction of sp³-hybridized carbons (Fsp3) is 0.0741. The highest BCUT2D eigenvalue weighted by Gasteiger charge is 2.47. The van der Waals surface area contributed by atoms with Gasteiger partial charge in [0.05, 0.1) is 12.7 Å². The molecule has 0 aliphatic carbocycles. The molecule has 0 aromatic heterocycles. The molecule has 4 aromatic carbocycles. The first-order valence-corrected chi connectivity index (χ1v) is 11.9. The van der Waals surface area contributed by atoms with Gasteiger partial charge < -0.3 is 4.74 Å². The van der Waals surface area contributed by atoms with Crippen molar-refractivity contribution in [1.82, 2.24) is 0 Å². The third-order valence-corrected chi connectivity index (χ3v) is 9.68. The molecule has 3 heteroatoms. The third-order valence-electron chi connectivity index (χ3n) is 5.38. The molecule has 0 saturated heterocycles. The average molecular weight is 411 g/mol. The van der Waals surface area contributed by atoms with E-state index in [0.29, 0.717) is 17.5 Å². The lowest BCUT2D eigenvalue weighted by atomic mass is 10.1. The molecular formula is C27H24O2P+. The first-order valence-electron chi connectivity index (χ1n) is 9.97. The van der Waals surface area contributed by atoms with Gasteiger partial charge in [-0.25, -0.2) is 0 Å². The number of rotatable bonds is 7. The van der Waals surface area contributed by atoms with Gasteiger partial charge >= 0.3 is 0 Å². The van der Waals surface area contributed by atoms with Gasteiger partial charge in [0.15, 0.2) is 0 Å². The van der Waals surface area contributed by atoms with Crippen molar-refractivity contribution in [1.29, 1.82) is 0 Å². The van der Waals surface area contributed by atoms with E-state index in [4.69, 9.17) is 4.74 Å². The molecule has 4 aromatic rings. The molecule has 0 unspecified atom stereocenters. The number of methoxy groups -OCH3 is 1. The van der Waals surface area contributed by atoms with Crippen LogP contribution in [0.25, 0.3) is 0 Å². The lowest BCUT2D eigenvalue weighted by Gasteiger charge is -2.27. The highest BCUT2D eigenvalue weighted by molar-refractivity contribution is 7.96. The summed E-state index contributed by atoms with van der Waals surface area (Å²) in [5.74, 6) is 0.715. The van der Waals surface area contributed by atoms with Crippen molar-refractivity contribution in [3.63, 3.8) is 0 Å². The normalized spacial score (nSPS) is 11.1. The Kier molecular flexibility index (Phi) is 6.07. The first-order chi connectivity index (χ1) is 14.8. The van der Waals surface area contributed by atoms with Gasteiger partial charge in [-0.2, -0.15) is 0 Å². The highest BCUT2D eigenvalue weighted by atomic mass is 31.2. The zero-order valence-electron chi connectivity index (χ0n) is 16.9. The highest BCUT2D eigenvalue weighted by Crippen LogP contribution is 2.55. The van der Waals surface area contributed by atoms with Crippen LogP contribution in [-0.2, 0) is 0 Å². The molecule has 4 rings (SSSR count). The van der Waals surface area contributed by atoms with Crippen molar-refractivity contribution in [2.45, 2.75) is 0 Å². The summed E-state index contributed by atoms with van der Waals surface area (Å²) in [6, 6.07) is 38.9. The number of hydrogen-bond acceptors (Lipinski definition) is 2. The number of hydrogen-bond donors (Lipinski definition) is 0. The van der Waals surface area contributed by atoms with Crippen LogP contribution in [0, 0.1) is 0 Å². The Morgan fingerprint density at radius 2 is 1.03 bits per heavy atom. The number of ketones is 1. The summed E-state index contributed by atoms with van der Waals surface area (Å²) in [7, 11) is -0.599. The van der Waals surface area contributed by atoms with E-state index in [-0.39, 0.29) is 5.78 Å². The average Bonchev–Trinajstić information content (AvgIpc) is 2.84. The van der Waals surface area contributed by atoms with Crippen molar-refractivity contribution in [3.05, 3.63) is 121 Å². The maximum absolute atomic E-state index is 13.7. The molecule has 0 heterocycles. The summed E-state index contributed by atoms with van der Waals surface area (Å²) in [4.78, 5) is 13.7. The lowest BCUT2D eigenvalue weighted by molar-refractivity contribution is 0.101. The summed E-state index contributed by atoms with van der Waals surface area (Å²) >= 11 is 0. The van der Waals surface area contributed by atoms with Crippen LogP contribution >= 0.6 is 7.26 Å². The summed E-state index contributed by atoms with van der Waals surface area (Å²) in [6.07, 6.45) is 0.408. The Hall–Kier alpha value is -3.22. The monoisotopic (exact) mass is 411 g/mol. The number of ether oxygens (including phenoxy) is 1. The number of Topliss-reactive ketones (excluding diaryl/α,β-unsaturated/α-hetero) is 1. The van der Waals surface area contributed by atoms with Crippen LogP contribution < -0.4 is 20.7 Å². The predicted molar refractivity (Wildman–Crippen MR) is 127 cm³/mol. The maximum atomic E-state index is 13.7. The van der Waals surface area contributed by atoms with Crippen LogP contribution in [0.1, 0.15) is 10.4 Å². The van der Waals surface area contributed by atoms with Gasteiger partial charge in [-0.05, 0) is 48.5 Å². The van der Waals surface area contributed by atoms with Crippen LogP contribution in [0.15, 0.2) is 115 Å². The number of carbonyl (C=O) groups is 1. The van der Waals surface area contributed by atoms with Crippen LogP contribution in [-0.4, -0.2) is 19.1 Å². The number of benzene rings is 4. The molecule has 0 radical (unpaired) electrons. The summed E-state index contributed by atoms with van der Waals surface area (Å²) in [6.45, 7) is 0. The SMILES string of the molecule is COc1ccccc1C(=O)C[P+](c1ccccc1)(c1ccccc1)c1ccccc1. The van der Waals surface area contributed by atoms with Crippen LogP contribution in [0.4, 0.5) is 0 Å². The van der Waals surface area contributed by atoms with E-state index in [1.54, 1.807) is 7.11 Å². The van der Waals surface area contributed by atoms with Crippen molar-refractivity contribution in [2.75, 3.05) is 13.3 Å². The zero-order chi connectivity index (χ0) is 20.8.